The first-order valence-electron chi connectivity index (χ1n) is 18.2. The molecule has 2 aromatic carbocycles. The van der Waals surface area contributed by atoms with Gasteiger partial charge in [0, 0.05) is 41.7 Å². The first-order valence-corrected chi connectivity index (χ1v) is 19.4. The number of rotatable bonds is 9. The van der Waals surface area contributed by atoms with Crippen LogP contribution in [0.2, 0.25) is 5.02 Å². The molecule has 4 heterocycles. The molecule has 4 aliphatic rings. The number of methoxy groups -OCH3 is 1. The molecule has 14 heteroatoms. The summed E-state index contributed by atoms with van der Waals surface area (Å²) < 4.78 is 7.90. The molecule has 2 saturated heterocycles. The number of aromatic hydroxyl groups is 1. The van der Waals surface area contributed by atoms with Crippen LogP contribution in [0, 0.1) is 41.9 Å². The number of carbonyl (C=O) groups is 5. The van der Waals surface area contributed by atoms with Gasteiger partial charge in [-0.25, -0.2) is 4.90 Å². The molecule has 8 rings (SSSR count). The van der Waals surface area contributed by atoms with Crippen LogP contribution in [0.25, 0.3) is 26.7 Å². The van der Waals surface area contributed by atoms with E-state index in [4.69, 9.17) is 21.4 Å². The lowest BCUT2D eigenvalue weighted by atomic mass is 9.52. The summed E-state index contributed by atoms with van der Waals surface area (Å²) in [6.45, 7) is 3.81. The molecule has 0 radical (unpaired) electrons. The van der Waals surface area contributed by atoms with Crippen molar-refractivity contribution in [1.29, 1.82) is 0 Å². The second kappa shape index (κ2) is 13.5. The topological polar surface area (TPSA) is 159 Å². The van der Waals surface area contributed by atoms with E-state index in [1.807, 2.05) is 50.3 Å². The number of carboxylic acids is 1. The Morgan fingerprint density at radius 1 is 1.09 bits per heavy atom. The maximum atomic E-state index is 15.0. The van der Waals surface area contributed by atoms with E-state index in [1.54, 1.807) is 41.3 Å². The zero-order valence-electron chi connectivity index (χ0n) is 30.6. The van der Waals surface area contributed by atoms with Crippen LogP contribution in [-0.4, -0.2) is 68.1 Å². The Balaban J connectivity index is 1.20. The van der Waals surface area contributed by atoms with Gasteiger partial charge in [0.25, 0.3) is 0 Å². The highest BCUT2D eigenvalue weighted by Crippen LogP contribution is 2.61. The van der Waals surface area contributed by atoms with E-state index >= 15 is 0 Å². The summed E-state index contributed by atoms with van der Waals surface area (Å²) >= 11 is 7.86. The van der Waals surface area contributed by atoms with Gasteiger partial charge in [-0.3, -0.25) is 33.6 Å². The molecule has 2 aliphatic carbocycles. The van der Waals surface area contributed by atoms with E-state index in [0.717, 1.165) is 26.1 Å². The molecular formula is C41H39ClN4O8S. The number of hydrogen-bond acceptors (Lipinski definition) is 9. The van der Waals surface area contributed by atoms with Gasteiger partial charge in [0.2, 0.25) is 23.6 Å². The summed E-state index contributed by atoms with van der Waals surface area (Å²) in [4.78, 5) is 72.0. The average Bonchev–Trinajstić information content (AvgIpc) is 3.82. The number of phenolic OH excluding ortho intramolecular Hbond substituents is 1. The van der Waals surface area contributed by atoms with E-state index < -0.39 is 46.9 Å². The molecule has 55 heavy (non-hydrogen) atoms. The molecule has 0 bridgehead atoms. The van der Waals surface area contributed by atoms with E-state index in [2.05, 4.69) is 0 Å². The number of fused-ring (bicyclic) bond motifs is 5. The lowest BCUT2D eigenvalue weighted by molar-refractivity contribution is -0.142. The summed E-state index contributed by atoms with van der Waals surface area (Å²) in [6.07, 6.45) is 6.11. The van der Waals surface area contributed by atoms with Crippen LogP contribution in [0.5, 0.6) is 11.5 Å². The van der Waals surface area contributed by atoms with Crippen molar-refractivity contribution in [3.05, 3.63) is 76.3 Å². The van der Waals surface area contributed by atoms with Gasteiger partial charge in [0.15, 0.2) is 11.5 Å². The molecule has 6 atom stereocenters. The molecule has 0 spiro atoms. The van der Waals surface area contributed by atoms with Gasteiger partial charge in [-0.2, -0.15) is 5.10 Å². The number of aryl methyl sites for hydroxylation is 2. The average molecular weight is 783 g/mol. The summed E-state index contributed by atoms with van der Waals surface area (Å²) in [7, 11) is 3.15. The minimum atomic E-state index is -1.26. The molecule has 2 aliphatic heterocycles. The van der Waals surface area contributed by atoms with Gasteiger partial charge < -0.3 is 14.9 Å². The standard InChI is InChI=1S/C41H39ClN4O8S/c1-20-25-17-22(42)9-14-32(25)55-36(20)29-19-33(44(3)43-29)46-38(51)28-18-26-23(10-11-24-35(26)39(52)45(37(24)50)15-5-6-34(48)49)27(41(28,2)40(46)53)12-7-21-8-13-30(47)31(16-21)54-4/h7-10,12-14,16-17,19,24,26-28,35,47H,5-6,11,15,18H2,1-4H3,(H,48,49). The monoisotopic (exact) mass is 782 g/mol. The van der Waals surface area contributed by atoms with Crippen LogP contribution >= 0.6 is 22.9 Å². The Hall–Kier alpha value is -5.27. The fourth-order valence-electron chi connectivity index (χ4n) is 9.33. The number of ether oxygens (including phenoxy) is 1. The number of hydrogen-bond donors (Lipinski definition) is 2. The number of amides is 4. The third-order valence-corrected chi connectivity index (χ3v) is 13.6. The number of likely N-dealkylation sites (tertiary alicyclic amines) is 1. The molecule has 12 nitrogen and oxygen atoms in total. The number of allylic oxidation sites excluding steroid dienone is 3. The maximum Gasteiger partial charge on any atom is 0.303 e. The number of carbonyl (C=O) groups excluding carboxylic acids is 4. The second-order valence-corrected chi connectivity index (χ2v) is 16.5. The third kappa shape index (κ3) is 5.69. The van der Waals surface area contributed by atoms with Crippen LogP contribution in [0.1, 0.15) is 43.7 Å². The van der Waals surface area contributed by atoms with Crippen molar-refractivity contribution in [3.8, 4) is 22.1 Å². The second-order valence-electron chi connectivity index (χ2n) is 15.0. The maximum absolute atomic E-state index is 15.0. The molecule has 4 aromatic rings. The lowest BCUT2D eigenvalue weighted by Gasteiger charge is -2.47. The van der Waals surface area contributed by atoms with Gasteiger partial charge in [-0.05, 0) is 85.9 Å². The quantitative estimate of drug-likeness (QED) is 0.141. The molecule has 2 N–H and O–H groups in total. The van der Waals surface area contributed by atoms with Crippen molar-refractivity contribution in [1.82, 2.24) is 14.7 Å². The van der Waals surface area contributed by atoms with Crippen molar-refractivity contribution < 1.29 is 38.9 Å². The fraction of sp³-hybridized carbons (Fsp3) is 0.366. The van der Waals surface area contributed by atoms with Crippen molar-refractivity contribution in [3.63, 3.8) is 0 Å². The highest BCUT2D eigenvalue weighted by atomic mass is 35.5. The van der Waals surface area contributed by atoms with Crippen molar-refractivity contribution >= 4 is 74.5 Å². The molecule has 284 valence electrons. The Kier molecular flexibility index (Phi) is 9.00. The summed E-state index contributed by atoms with van der Waals surface area (Å²) in [5.74, 6) is -5.27. The number of aliphatic carboxylic acids is 1. The number of nitrogens with zero attached hydrogens (tertiary/aromatic N) is 4. The molecule has 4 amide bonds. The van der Waals surface area contributed by atoms with Crippen molar-refractivity contribution in [2.45, 2.75) is 39.5 Å². The number of imide groups is 2. The van der Waals surface area contributed by atoms with Gasteiger partial charge in [0.05, 0.1) is 35.2 Å². The predicted octanol–water partition coefficient (Wildman–Crippen LogP) is 6.62. The fourth-order valence-corrected chi connectivity index (χ4v) is 10.6. The molecule has 1 saturated carbocycles. The Labute approximate surface area is 325 Å². The zero-order valence-corrected chi connectivity index (χ0v) is 32.2. The van der Waals surface area contributed by atoms with E-state index in [0.29, 0.717) is 22.1 Å². The SMILES string of the molecule is COc1cc(C=CC2C3=CCC4C(=O)N(CCCC(=O)O)C(=O)C4C3CC3C(=O)N(c4cc(-c5sc6ccc(Cl)cc6c5C)nn4C)C(=O)C23C)ccc1O. The highest BCUT2D eigenvalue weighted by Gasteiger charge is 2.67. The van der Waals surface area contributed by atoms with Crippen LogP contribution < -0.4 is 9.64 Å². The number of halogens is 1. The predicted molar refractivity (Wildman–Crippen MR) is 206 cm³/mol. The van der Waals surface area contributed by atoms with E-state index in [1.165, 1.54) is 23.0 Å². The van der Waals surface area contributed by atoms with Gasteiger partial charge >= 0.3 is 5.97 Å². The van der Waals surface area contributed by atoms with Gasteiger partial charge in [-0.1, -0.05) is 41.5 Å². The Morgan fingerprint density at radius 3 is 2.62 bits per heavy atom. The summed E-state index contributed by atoms with van der Waals surface area (Å²) in [5.41, 5.74) is 1.85. The molecule has 6 unspecified atom stereocenters. The third-order valence-electron chi connectivity index (χ3n) is 12.1. The van der Waals surface area contributed by atoms with Crippen LogP contribution in [0.4, 0.5) is 5.82 Å². The Bertz CT molecular complexity index is 2400. The number of thiophene rings is 1. The molecule has 3 fully saturated rings. The van der Waals surface area contributed by atoms with Crippen molar-refractivity contribution in [2.75, 3.05) is 18.6 Å². The zero-order chi connectivity index (χ0) is 39.1. The number of carboxylic acid groups (broad SMARTS) is 1. The normalized spacial score (nSPS) is 26.2. The van der Waals surface area contributed by atoms with Crippen LogP contribution in [0.15, 0.2) is 60.2 Å². The van der Waals surface area contributed by atoms with Gasteiger partial charge in [-0.15, -0.1) is 11.3 Å². The van der Waals surface area contributed by atoms with E-state index in [-0.39, 0.29) is 61.4 Å². The first kappa shape index (κ1) is 36.7. The smallest absolute Gasteiger partial charge is 0.303 e. The van der Waals surface area contributed by atoms with Gasteiger partial charge in [0.1, 0.15) is 11.5 Å². The number of phenols is 1. The van der Waals surface area contributed by atoms with Crippen LogP contribution in [-0.2, 0) is 31.0 Å². The number of benzene rings is 2. The van der Waals surface area contributed by atoms with Crippen molar-refractivity contribution in [2.24, 2.45) is 42.1 Å². The van der Waals surface area contributed by atoms with Crippen LogP contribution in [0.3, 0.4) is 0 Å². The first-order chi connectivity index (χ1) is 26.2. The molecule has 2 aromatic heterocycles. The summed E-state index contributed by atoms with van der Waals surface area (Å²) in [5, 5.41) is 25.8. The molecular weight excluding hydrogens is 744 g/mol. The largest absolute Gasteiger partial charge is 0.504 e. The summed E-state index contributed by atoms with van der Waals surface area (Å²) in [6, 6.07) is 12.4. The minimum absolute atomic E-state index is 0.00646. The van der Waals surface area contributed by atoms with E-state index in [9.17, 15) is 34.2 Å². The highest BCUT2D eigenvalue weighted by molar-refractivity contribution is 7.22. The minimum Gasteiger partial charge on any atom is -0.504 e. The number of aromatic nitrogens is 2. The Morgan fingerprint density at radius 2 is 1.87 bits per heavy atom. The number of anilines is 1. The lowest BCUT2D eigenvalue weighted by Crippen LogP contribution is -2.49.